The van der Waals surface area contributed by atoms with Gasteiger partial charge in [0.25, 0.3) is 0 Å². The van der Waals surface area contributed by atoms with Gasteiger partial charge in [-0.3, -0.25) is 14.4 Å². The van der Waals surface area contributed by atoms with Gasteiger partial charge in [0.05, 0.1) is 10.8 Å². The monoisotopic (exact) mass is 649 g/mol. The lowest BCUT2D eigenvalue weighted by atomic mass is 9.47. The van der Waals surface area contributed by atoms with Crippen molar-refractivity contribution in [3.63, 3.8) is 0 Å². The summed E-state index contributed by atoms with van der Waals surface area (Å²) in [6.45, 7) is 13.0. The number of carbonyl (C=O) groups is 3. The molecule has 270 valence electrons. The lowest BCUT2D eigenvalue weighted by Gasteiger charge is -2.55. The third-order valence-electron chi connectivity index (χ3n) is 11.4. The van der Waals surface area contributed by atoms with Crippen LogP contribution in [0.25, 0.3) is 0 Å². The molecule has 0 saturated heterocycles. The lowest BCUT2D eigenvalue weighted by molar-refractivity contribution is -0.161. The first kappa shape index (κ1) is 42.4. The third-order valence-corrected chi connectivity index (χ3v) is 11.4. The van der Waals surface area contributed by atoms with Crippen molar-refractivity contribution >= 4 is 17.7 Å². The Bertz CT molecular complexity index is 810. The number of nitrogens with zero attached hydrogens (tertiary/aromatic N) is 1. The molecule has 0 aromatic heterocycles. The van der Waals surface area contributed by atoms with Crippen LogP contribution in [0.15, 0.2) is 0 Å². The Hall–Kier alpha value is -1.63. The van der Waals surface area contributed by atoms with E-state index >= 15 is 0 Å². The first-order valence-electron chi connectivity index (χ1n) is 19.5. The second-order valence-corrected chi connectivity index (χ2v) is 15.7. The van der Waals surface area contributed by atoms with Crippen molar-refractivity contribution in [2.24, 2.45) is 39.4 Å². The van der Waals surface area contributed by atoms with Gasteiger partial charge in [-0.25, -0.2) is 0 Å². The molecule has 0 aliphatic heterocycles. The molecule has 0 aromatic carbocycles. The Kier molecular flexibility index (Phi) is 21.1. The van der Waals surface area contributed by atoms with Gasteiger partial charge in [-0.2, -0.15) is 0 Å². The van der Waals surface area contributed by atoms with E-state index in [0.29, 0.717) is 6.42 Å². The molecule has 1 saturated carbocycles. The molecule has 2 atom stereocenters. The summed E-state index contributed by atoms with van der Waals surface area (Å²) in [7, 11) is 0. The molecule has 6 N–H and O–H groups in total. The lowest BCUT2D eigenvalue weighted by Crippen LogP contribution is -2.61. The van der Waals surface area contributed by atoms with Gasteiger partial charge >= 0.3 is 0 Å². The molecule has 0 bridgehead atoms. The van der Waals surface area contributed by atoms with Gasteiger partial charge in [-0.15, -0.1) is 0 Å². The van der Waals surface area contributed by atoms with E-state index in [4.69, 9.17) is 17.2 Å². The SMILES string of the molecule is CCCCCCCCCCCCN(CCCCCCCCCCCC)CCCC1C(C)(C(N)=O)CC(C)(C(N)=O)CC1(C)C(N)=O. The van der Waals surface area contributed by atoms with Gasteiger partial charge in [0, 0.05) is 5.41 Å². The number of carbonyl (C=O) groups excluding carboxylic acids is 3. The fraction of sp³-hybridized carbons (Fsp3) is 0.923. The molecule has 0 radical (unpaired) electrons. The summed E-state index contributed by atoms with van der Waals surface area (Å²) >= 11 is 0. The molecule has 1 rings (SSSR count). The smallest absolute Gasteiger partial charge is 0.223 e. The van der Waals surface area contributed by atoms with E-state index in [0.717, 1.165) is 26.1 Å². The van der Waals surface area contributed by atoms with Crippen LogP contribution in [0, 0.1) is 22.2 Å². The summed E-state index contributed by atoms with van der Waals surface area (Å²) in [5.74, 6) is -1.81. The van der Waals surface area contributed by atoms with Crippen LogP contribution in [0.3, 0.4) is 0 Å². The van der Waals surface area contributed by atoms with Crippen LogP contribution in [0.1, 0.15) is 189 Å². The molecular formula is C39H76N4O3. The number of hydrogen-bond acceptors (Lipinski definition) is 4. The highest BCUT2D eigenvalue weighted by molar-refractivity contribution is 5.89. The van der Waals surface area contributed by atoms with Crippen LogP contribution in [0.5, 0.6) is 0 Å². The van der Waals surface area contributed by atoms with Gasteiger partial charge in [0.1, 0.15) is 0 Å². The molecule has 1 aliphatic rings. The quantitative estimate of drug-likeness (QED) is 0.0699. The first-order chi connectivity index (χ1) is 21.9. The maximum Gasteiger partial charge on any atom is 0.223 e. The minimum atomic E-state index is -1.04. The van der Waals surface area contributed by atoms with Crippen molar-refractivity contribution < 1.29 is 14.4 Å². The average molecular weight is 649 g/mol. The van der Waals surface area contributed by atoms with Crippen molar-refractivity contribution in [1.29, 1.82) is 0 Å². The molecule has 7 heteroatoms. The molecule has 0 spiro atoms. The van der Waals surface area contributed by atoms with Gasteiger partial charge in [-0.05, 0) is 64.1 Å². The number of unbranched alkanes of at least 4 members (excludes halogenated alkanes) is 18. The standard InChI is InChI=1S/C39H76N4O3/c1-6-8-10-12-14-16-18-20-22-24-28-43(29-25-23-21-19-17-15-13-11-9-7-2)30-26-27-33-38(4,35(41)45)31-37(3,34(40)44)32-39(33,5)36(42)46/h33H,6-32H2,1-5H3,(H2,40,44)(H2,41,45)(H2,42,46). The van der Waals surface area contributed by atoms with E-state index in [1.54, 1.807) is 6.92 Å². The summed E-state index contributed by atoms with van der Waals surface area (Å²) < 4.78 is 0. The largest absolute Gasteiger partial charge is 0.369 e. The van der Waals surface area contributed by atoms with E-state index in [2.05, 4.69) is 18.7 Å². The second-order valence-electron chi connectivity index (χ2n) is 15.7. The Labute approximate surface area is 284 Å². The maximum atomic E-state index is 12.9. The van der Waals surface area contributed by atoms with Gasteiger partial charge in [-0.1, -0.05) is 150 Å². The normalized spacial score (nSPS) is 24.8. The summed E-state index contributed by atoms with van der Waals surface area (Å²) in [6.07, 6.45) is 28.7. The minimum Gasteiger partial charge on any atom is -0.369 e. The topological polar surface area (TPSA) is 133 Å². The van der Waals surface area contributed by atoms with E-state index < -0.39 is 34.0 Å². The Morgan fingerprint density at radius 2 is 0.804 bits per heavy atom. The van der Waals surface area contributed by atoms with Crippen LogP contribution in [0.2, 0.25) is 0 Å². The van der Waals surface area contributed by atoms with Crippen LogP contribution in [0.4, 0.5) is 0 Å². The van der Waals surface area contributed by atoms with Crippen LogP contribution in [-0.4, -0.2) is 42.3 Å². The highest BCUT2D eigenvalue weighted by Gasteiger charge is 2.61. The van der Waals surface area contributed by atoms with Gasteiger partial charge in [0.2, 0.25) is 17.7 Å². The Morgan fingerprint density at radius 3 is 1.11 bits per heavy atom. The number of hydrogen-bond donors (Lipinski definition) is 3. The van der Waals surface area contributed by atoms with Gasteiger partial charge < -0.3 is 22.1 Å². The van der Waals surface area contributed by atoms with E-state index in [9.17, 15) is 14.4 Å². The van der Waals surface area contributed by atoms with Crippen molar-refractivity contribution in [1.82, 2.24) is 4.90 Å². The molecule has 0 heterocycles. The van der Waals surface area contributed by atoms with E-state index in [1.807, 2.05) is 13.8 Å². The van der Waals surface area contributed by atoms with Crippen molar-refractivity contribution in [2.45, 2.75) is 189 Å². The minimum absolute atomic E-state index is 0.249. The highest BCUT2D eigenvalue weighted by atomic mass is 16.2. The zero-order valence-electron chi connectivity index (χ0n) is 31.1. The summed E-state index contributed by atoms with van der Waals surface area (Å²) in [6, 6.07) is 0. The highest BCUT2D eigenvalue weighted by Crippen LogP contribution is 2.59. The number of amides is 3. The van der Waals surface area contributed by atoms with Crippen LogP contribution in [-0.2, 0) is 14.4 Å². The zero-order valence-corrected chi connectivity index (χ0v) is 31.1. The predicted molar refractivity (Wildman–Crippen MR) is 194 cm³/mol. The number of primary amides is 3. The average Bonchev–Trinajstić information content (AvgIpc) is 2.99. The number of nitrogens with two attached hydrogens (primary N) is 3. The molecule has 2 unspecified atom stereocenters. The first-order valence-corrected chi connectivity index (χ1v) is 19.5. The van der Waals surface area contributed by atoms with Crippen LogP contribution < -0.4 is 17.2 Å². The molecule has 3 amide bonds. The Balaban J connectivity index is 2.73. The fourth-order valence-electron chi connectivity index (χ4n) is 8.46. The Morgan fingerprint density at radius 1 is 0.500 bits per heavy atom. The van der Waals surface area contributed by atoms with E-state index in [1.165, 1.54) is 128 Å². The van der Waals surface area contributed by atoms with E-state index in [-0.39, 0.29) is 18.8 Å². The molecule has 1 fully saturated rings. The zero-order chi connectivity index (χ0) is 34.5. The molecular weight excluding hydrogens is 572 g/mol. The fourth-order valence-corrected chi connectivity index (χ4v) is 8.46. The summed E-state index contributed by atoms with van der Waals surface area (Å²) in [5.41, 5.74) is 14.7. The number of rotatable bonds is 29. The molecule has 0 aromatic rings. The predicted octanol–water partition coefficient (Wildman–Crippen LogP) is 8.80. The molecule has 1 aliphatic carbocycles. The molecule has 46 heavy (non-hydrogen) atoms. The third kappa shape index (κ3) is 14.6. The van der Waals surface area contributed by atoms with Crippen molar-refractivity contribution in [3.8, 4) is 0 Å². The summed E-state index contributed by atoms with van der Waals surface area (Å²) in [4.78, 5) is 41.0. The van der Waals surface area contributed by atoms with Crippen molar-refractivity contribution in [3.05, 3.63) is 0 Å². The molecule has 7 nitrogen and oxygen atoms in total. The van der Waals surface area contributed by atoms with Gasteiger partial charge in [0.15, 0.2) is 0 Å². The van der Waals surface area contributed by atoms with Crippen LogP contribution >= 0.6 is 0 Å². The second kappa shape index (κ2) is 22.9. The van der Waals surface area contributed by atoms with Crippen molar-refractivity contribution in [2.75, 3.05) is 19.6 Å². The maximum absolute atomic E-state index is 12.9. The summed E-state index contributed by atoms with van der Waals surface area (Å²) in [5, 5.41) is 0.